The molecule has 2 atom stereocenters. The second-order valence-electron chi connectivity index (χ2n) is 8.95. The van der Waals surface area contributed by atoms with Crippen molar-refractivity contribution in [3.63, 3.8) is 0 Å². The highest BCUT2D eigenvalue weighted by Crippen LogP contribution is 2.32. The summed E-state index contributed by atoms with van der Waals surface area (Å²) in [5.41, 5.74) is 8.83. The zero-order chi connectivity index (χ0) is 23.8. The van der Waals surface area contributed by atoms with Crippen LogP contribution in [0.3, 0.4) is 0 Å². The van der Waals surface area contributed by atoms with Gasteiger partial charge in [0, 0.05) is 12.1 Å². The number of pyridine rings is 1. The molecule has 1 fully saturated rings. The average Bonchev–Trinajstić information content (AvgIpc) is 3.18. The van der Waals surface area contributed by atoms with E-state index in [1.807, 2.05) is 56.0 Å². The van der Waals surface area contributed by atoms with E-state index >= 15 is 0 Å². The van der Waals surface area contributed by atoms with Gasteiger partial charge in [-0.1, -0.05) is 0 Å². The number of esters is 1. The van der Waals surface area contributed by atoms with Crippen LogP contribution in [0.1, 0.15) is 27.2 Å². The van der Waals surface area contributed by atoms with E-state index in [0.29, 0.717) is 41.4 Å². The maximum atomic E-state index is 12.5. The summed E-state index contributed by atoms with van der Waals surface area (Å²) in [4.78, 5) is 28.2. The summed E-state index contributed by atoms with van der Waals surface area (Å²) in [7, 11) is 3.20. The Kier molecular flexibility index (Phi) is 6.07. The van der Waals surface area contributed by atoms with Gasteiger partial charge in [0.25, 0.3) is 0 Å². The van der Waals surface area contributed by atoms with Crippen molar-refractivity contribution in [1.29, 1.82) is 0 Å². The molecule has 1 aliphatic rings. The minimum absolute atomic E-state index is 0.292. The Labute approximate surface area is 192 Å². The Morgan fingerprint density at radius 3 is 2.52 bits per heavy atom. The van der Waals surface area contributed by atoms with Crippen molar-refractivity contribution < 1.29 is 19.0 Å². The Morgan fingerprint density at radius 2 is 1.82 bits per heavy atom. The van der Waals surface area contributed by atoms with Gasteiger partial charge in [-0.2, -0.15) is 0 Å². The molecule has 0 bridgehead atoms. The third kappa shape index (κ3) is 4.68. The SMILES string of the molecule is COc1ccc(-c2ccc3nc(N4CC[C@@H](C(=O)OC(C)(C)C)C4N)ncc3n2)cc1OC. The van der Waals surface area contributed by atoms with Crippen molar-refractivity contribution in [3.05, 3.63) is 36.5 Å². The molecule has 9 nitrogen and oxygen atoms in total. The van der Waals surface area contributed by atoms with E-state index in [4.69, 9.17) is 24.9 Å². The van der Waals surface area contributed by atoms with Gasteiger partial charge in [0.05, 0.1) is 43.7 Å². The van der Waals surface area contributed by atoms with E-state index in [0.717, 1.165) is 11.3 Å². The lowest BCUT2D eigenvalue weighted by Gasteiger charge is -2.26. The quantitative estimate of drug-likeness (QED) is 0.584. The molecule has 33 heavy (non-hydrogen) atoms. The van der Waals surface area contributed by atoms with Crippen molar-refractivity contribution >= 4 is 23.0 Å². The van der Waals surface area contributed by atoms with Gasteiger partial charge in [0.15, 0.2) is 11.5 Å². The summed E-state index contributed by atoms with van der Waals surface area (Å²) < 4.78 is 16.2. The maximum absolute atomic E-state index is 12.5. The largest absolute Gasteiger partial charge is 0.493 e. The van der Waals surface area contributed by atoms with Crippen molar-refractivity contribution in [1.82, 2.24) is 15.0 Å². The number of hydrogen-bond donors (Lipinski definition) is 1. The molecule has 1 aliphatic heterocycles. The van der Waals surface area contributed by atoms with Gasteiger partial charge < -0.3 is 24.8 Å². The van der Waals surface area contributed by atoms with Crippen LogP contribution in [0.15, 0.2) is 36.5 Å². The standard InChI is InChI=1S/C24H29N5O4/c1-24(2,3)33-22(30)15-10-11-29(21(15)25)23-26-13-18-17(28-23)8-7-16(27-18)14-6-9-19(31-4)20(12-14)32-5/h6-9,12-13,15,21H,10-11,25H2,1-5H3/t15-,21?/m1/s1. The Morgan fingerprint density at radius 1 is 1.06 bits per heavy atom. The molecular formula is C24H29N5O4. The van der Waals surface area contributed by atoms with Crippen LogP contribution in [0.5, 0.6) is 11.5 Å². The normalized spacial score (nSPS) is 18.4. The lowest BCUT2D eigenvalue weighted by Crippen LogP contribution is -2.45. The predicted molar refractivity (Wildman–Crippen MR) is 125 cm³/mol. The van der Waals surface area contributed by atoms with Crippen LogP contribution in [0, 0.1) is 5.92 Å². The van der Waals surface area contributed by atoms with E-state index in [-0.39, 0.29) is 5.97 Å². The van der Waals surface area contributed by atoms with Crippen LogP contribution < -0.4 is 20.1 Å². The van der Waals surface area contributed by atoms with E-state index in [2.05, 4.69) is 9.97 Å². The number of hydrogen-bond acceptors (Lipinski definition) is 9. The summed E-state index contributed by atoms with van der Waals surface area (Å²) in [5, 5.41) is 0. The van der Waals surface area contributed by atoms with E-state index in [1.54, 1.807) is 20.4 Å². The molecule has 2 aromatic heterocycles. The number of anilines is 1. The summed E-state index contributed by atoms with van der Waals surface area (Å²) in [6, 6.07) is 9.43. The molecule has 1 saturated heterocycles. The van der Waals surface area contributed by atoms with Crippen LogP contribution in [0.2, 0.25) is 0 Å². The number of fused-ring (bicyclic) bond motifs is 1. The highest BCUT2D eigenvalue weighted by atomic mass is 16.6. The number of benzene rings is 1. The number of rotatable bonds is 5. The first-order valence-electron chi connectivity index (χ1n) is 10.8. The molecule has 1 aromatic carbocycles. The number of carbonyl (C=O) groups excluding carboxylic acids is 1. The predicted octanol–water partition coefficient (Wildman–Crippen LogP) is 3.16. The summed E-state index contributed by atoms with van der Waals surface area (Å²) in [5.74, 6) is 1.04. The molecule has 174 valence electrons. The monoisotopic (exact) mass is 451 g/mol. The molecule has 0 saturated carbocycles. The molecule has 2 N–H and O–H groups in total. The first-order valence-corrected chi connectivity index (χ1v) is 10.8. The second kappa shape index (κ2) is 8.82. The van der Waals surface area contributed by atoms with Crippen molar-refractivity contribution in [2.45, 2.75) is 39.0 Å². The van der Waals surface area contributed by atoms with E-state index in [9.17, 15) is 4.79 Å². The molecule has 3 aromatic rings. The lowest BCUT2D eigenvalue weighted by molar-refractivity contribution is -0.160. The Hall–Kier alpha value is -3.46. The topological polar surface area (TPSA) is 113 Å². The molecular weight excluding hydrogens is 422 g/mol. The van der Waals surface area contributed by atoms with Gasteiger partial charge in [-0.15, -0.1) is 0 Å². The van der Waals surface area contributed by atoms with Crippen LogP contribution in [-0.2, 0) is 9.53 Å². The summed E-state index contributed by atoms with van der Waals surface area (Å²) in [6.45, 7) is 6.12. The van der Waals surface area contributed by atoms with Gasteiger partial charge in [-0.05, 0) is 57.5 Å². The minimum Gasteiger partial charge on any atom is -0.493 e. The van der Waals surface area contributed by atoms with E-state index in [1.165, 1.54) is 0 Å². The number of carbonyl (C=O) groups is 1. The molecule has 9 heteroatoms. The van der Waals surface area contributed by atoms with Crippen LogP contribution in [-0.4, -0.2) is 53.5 Å². The number of ether oxygens (including phenoxy) is 3. The van der Waals surface area contributed by atoms with Gasteiger partial charge in [0.1, 0.15) is 11.1 Å². The van der Waals surface area contributed by atoms with Gasteiger partial charge in [-0.25, -0.2) is 15.0 Å². The van der Waals surface area contributed by atoms with Crippen LogP contribution in [0.4, 0.5) is 5.95 Å². The van der Waals surface area contributed by atoms with E-state index < -0.39 is 17.7 Å². The molecule has 3 heterocycles. The fourth-order valence-electron chi connectivity index (χ4n) is 3.89. The lowest BCUT2D eigenvalue weighted by atomic mass is 10.1. The van der Waals surface area contributed by atoms with Crippen molar-refractivity contribution in [2.24, 2.45) is 11.7 Å². The molecule has 0 aliphatic carbocycles. The fraction of sp³-hybridized carbons (Fsp3) is 0.417. The highest BCUT2D eigenvalue weighted by molar-refractivity contribution is 5.79. The highest BCUT2D eigenvalue weighted by Gasteiger charge is 2.40. The van der Waals surface area contributed by atoms with Crippen LogP contribution in [0.25, 0.3) is 22.3 Å². The first kappa shape index (κ1) is 22.7. The number of aromatic nitrogens is 3. The Bertz CT molecular complexity index is 1180. The van der Waals surface area contributed by atoms with Gasteiger partial charge in [0.2, 0.25) is 5.95 Å². The average molecular weight is 452 g/mol. The maximum Gasteiger partial charge on any atom is 0.313 e. The molecule has 4 rings (SSSR count). The van der Waals surface area contributed by atoms with Gasteiger partial charge in [-0.3, -0.25) is 4.79 Å². The number of nitrogens with zero attached hydrogens (tertiary/aromatic N) is 4. The Balaban J connectivity index is 1.57. The summed E-state index contributed by atoms with van der Waals surface area (Å²) in [6.07, 6.45) is 1.72. The minimum atomic E-state index is -0.555. The molecule has 1 unspecified atom stereocenters. The third-order valence-corrected chi connectivity index (χ3v) is 5.52. The first-order chi connectivity index (χ1) is 15.7. The zero-order valence-corrected chi connectivity index (χ0v) is 19.5. The van der Waals surface area contributed by atoms with Gasteiger partial charge >= 0.3 is 5.97 Å². The third-order valence-electron chi connectivity index (χ3n) is 5.52. The second-order valence-corrected chi connectivity index (χ2v) is 8.95. The van der Waals surface area contributed by atoms with Crippen molar-refractivity contribution in [2.75, 3.05) is 25.7 Å². The molecule has 0 radical (unpaired) electrons. The number of methoxy groups -OCH3 is 2. The van der Waals surface area contributed by atoms with Crippen LogP contribution >= 0.6 is 0 Å². The molecule has 0 spiro atoms. The smallest absolute Gasteiger partial charge is 0.313 e. The summed E-state index contributed by atoms with van der Waals surface area (Å²) >= 11 is 0. The molecule has 0 amide bonds. The number of nitrogens with two attached hydrogens (primary N) is 1. The zero-order valence-electron chi connectivity index (χ0n) is 19.5. The fourth-order valence-corrected chi connectivity index (χ4v) is 3.89. The van der Waals surface area contributed by atoms with Crippen molar-refractivity contribution in [3.8, 4) is 22.8 Å².